The minimum absolute atomic E-state index is 0.00218. The molecule has 2 rings (SSSR count). The average Bonchev–Trinajstić information content (AvgIpc) is 2.86. The lowest BCUT2D eigenvalue weighted by molar-refractivity contribution is -0.137. The van der Waals surface area contributed by atoms with Gasteiger partial charge in [0.25, 0.3) is 0 Å². The van der Waals surface area contributed by atoms with Crippen molar-refractivity contribution >= 4 is 29.1 Å². The van der Waals surface area contributed by atoms with E-state index in [2.05, 4.69) is 5.32 Å². The minimum atomic E-state index is -4.40. The lowest BCUT2D eigenvalue weighted by Crippen LogP contribution is -2.32. The second-order valence-electron chi connectivity index (χ2n) is 5.09. The Kier molecular flexibility index (Phi) is 3.71. The summed E-state index contributed by atoms with van der Waals surface area (Å²) in [6.45, 7) is 1.62. The van der Waals surface area contributed by atoms with Gasteiger partial charge in [0.1, 0.15) is 4.33 Å². The first-order valence-electron chi connectivity index (χ1n) is 5.88. The molecule has 0 aromatic heterocycles. The number of nitrogens with one attached hydrogen (secondary N) is 1. The number of rotatable bonds is 3. The fraction of sp³-hybridized carbons (Fsp3) is 0.462. The van der Waals surface area contributed by atoms with Crippen LogP contribution in [0.2, 0.25) is 0 Å². The summed E-state index contributed by atoms with van der Waals surface area (Å²) < 4.78 is 36.5. The van der Waals surface area contributed by atoms with Gasteiger partial charge < -0.3 is 5.32 Å². The van der Waals surface area contributed by atoms with Crippen molar-refractivity contribution in [1.29, 1.82) is 0 Å². The Labute approximate surface area is 124 Å². The van der Waals surface area contributed by atoms with E-state index in [-0.39, 0.29) is 12.5 Å². The monoisotopic (exact) mass is 325 g/mol. The van der Waals surface area contributed by atoms with Gasteiger partial charge in [-0.2, -0.15) is 13.2 Å². The number of hydrogen-bond donors (Lipinski definition) is 1. The molecule has 1 fully saturated rings. The van der Waals surface area contributed by atoms with E-state index >= 15 is 0 Å². The molecule has 1 atom stereocenters. The number of hydrogen-bond acceptors (Lipinski definition) is 1. The fourth-order valence-electron chi connectivity index (χ4n) is 1.88. The predicted molar refractivity (Wildman–Crippen MR) is 70.5 cm³/mol. The number of alkyl halides is 5. The number of amides is 1. The maximum Gasteiger partial charge on any atom is 0.416 e. The molecule has 2 nitrogen and oxygen atoms in total. The second-order valence-corrected chi connectivity index (χ2v) is 6.58. The summed E-state index contributed by atoms with van der Waals surface area (Å²) in [5.74, 6) is -0.361. The molecule has 1 unspecified atom stereocenters. The Morgan fingerprint density at radius 1 is 1.40 bits per heavy atom. The van der Waals surface area contributed by atoms with Crippen LogP contribution in [0.1, 0.15) is 24.5 Å². The van der Waals surface area contributed by atoms with E-state index in [1.54, 1.807) is 6.92 Å². The smallest absolute Gasteiger partial charge is 0.351 e. The Hall–Kier alpha value is -0.940. The van der Waals surface area contributed by atoms with Crippen LogP contribution in [0.4, 0.5) is 13.2 Å². The first-order chi connectivity index (χ1) is 9.06. The van der Waals surface area contributed by atoms with Crippen molar-refractivity contribution in [2.75, 3.05) is 0 Å². The maximum atomic E-state index is 12.5. The highest BCUT2D eigenvalue weighted by molar-refractivity contribution is 6.53. The van der Waals surface area contributed by atoms with Gasteiger partial charge in [0.15, 0.2) is 0 Å². The molecule has 0 bridgehead atoms. The summed E-state index contributed by atoms with van der Waals surface area (Å²) >= 11 is 11.7. The molecular weight excluding hydrogens is 314 g/mol. The molecule has 1 aromatic carbocycles. The van der Waals surface area contributed by atoms with Crippen LogP contribution in [0.3, 0.4) is 0 Å². The zero-order chi connectivity index (χ0) is 15.2. The van der Waals surface area contributed by atoms with E-state index < -0.39 is 21.5 Å². The highest BCUT2D eigenvalue weighted by Gasteiger charge is 2.67. The summed E-state index contributed by atoms with van der Waals surface area (Å²) in [7, 11) is 0. The molecule has 0 radical (unpaired) electrons. The van der Waals surface area contributed by atoms with Crippen molar-refractivity contribution in [2.45, 2.75) is 30.4 Å². The van der Waals surface area contributed by atoms with Gasteiger partial charge in [-0.05, 0) is 31.0 Å². The van der Waals surface area contributed by atoms with E-state index in [1.165, 1.54) is 12.1 Å². The molecule has 20 heavy (non-hydrogen) atoms. The Morgan fingerprint density at radius 3 is 2.50 bits per heavy atom. The van der Waals surface area contributed by atoms with Gasteiger partial charge in [-0.25, -0.2) is 0 Å². The summed E-state index contributed by atoms with van der Waals surface area (Å²) in [5.41, 5.74) is -1.25. The lowest BCUT2D eigenvalue weighted by Gasteiger charge is -2.13. The molecule has 0 heterocycles. The highest BCUT2D eigenvalue weighted by atomic mass is 35.5. The largest absolute Gasteiger partial charge is 0.416 e. The minimum Gasteiger partial charge on any atom is -0.351 e. The fourth-order valence-corrected chi connectivity index (χ4v) is 2.59. The summed E-state index contributed by atoms with van der Waals surface area (Å²) in [6, 6.07) is 4.80. The van der Waals surface area contributed by atoms with E-state index in [0.29, 0.717) is 12.0 Å². The standard InChI is InChI=1S/C13H12Cl2F3NO/c1-11(7-12(11,14)15)10(20)19-6-8-3-2-4-9(5-8)13(16,17)18/h2-5H,6-7H2,1H3,(H,19,20). The second kappa shape index (κ2) is 4.81. The molecule has 1 aliphatic rings. The van der Waals surface area contributed by atoms with E-state index in [4.69, 9.17) is 23.2 Å². The van der Waals surface area contributed by atoms with E-state index in [9.17, 15) is 18.0 Å². The normalized spacial score (nSPS) is 24.3. The molecule has 1 aliphatic carbocycles. The lowest BCUT2D eigenvalue weighted by atomic mass is 10.1. The maximum absolute atomic E-state index is 12.5. The average molecular weight is 326 g/mol. The van der Waals surface area contributed by atoms with Gasteiger partial charge in [-0.15, -0.1) is 23.2 Å². The molecule has 1 amide bonds. The molecular formula is C13H12Cl2F3NO. The molecule has 1 N–H and O–H groups in total. The Morgan fingerprint density at radius 2 is 2.00 bits per heavy atom. The van der Waals surface area contributed by atoms with Gasteiger partial charge in [0.05, 0.1) is 11.0 Å². The van der Waals surface area contributed by atoms with Crippen LogP contribution in [-0.4, -0.2) is 10.2 Å². The molecule has 1 saturated carbocycles. The first kappa shape index (κ1) is 15.4. The molecule has 1 aromatic rings. The Bertz CT molecular complexity index is 545. The van der Waals surface area contributed by atoms with Crippen molar-refractivity contribution in [3.05, 3.63) is 35.4 Å². The van der Waals surface area contributed by atoms with Crippen molar-refractivity contribution in [3.8, 4) is 0 Å². The highest BCUT2D eigenvalue weighted by Crippen LogP contribution is 2.63. The summed E-state index contributed by atoms with van der Waals surface area (Å²) in [4.78, 5) is 11.9. The van der Waals surface area contributed by atoms with Crippen LogP contribution in [0.15, 0.2) is 24.3 Å². The quantitative estimate of drug-likeness (QED) is 0.839. The van der Waals surface area contributed by atoms with Crippen LogP contribution < -0.4 is 5.32 Å². The zero-order valence-electron chi connectivity index (χ0n) is 10.5. The van der Waals surface area contributed by atoms with E-state index in [0.717, 1.165) is 12.1 Å². The van der Waals surface area contributed by atoms with Crippen molar-refractivity contribution in [2.24, 2.45) is 5.41 Å². The van der Waals surface area contributed by atoms with Gasteiger partial charge >= 0.3 is 6.18 Å². The summed E-state index contributed by atoms with van der Waals surface area (Å²) in [5, 5.41) is 2.56. The number of halogens is 5. The van der Waals surface area contributed by atoms with Gasteiger partial charge in [-0.3, -0.25) is 4.79 Å². The third kappa shape index (κ3) is 2.88. The van der Waals surface area contributed by atoms with Gasteiger partial charge in [0, 0.05) is 6.54 Å². The van der Waals surface area contributed by atoms with Crippen molar-refractivity contribution in [3.63, 3.8) is 0 Å². The van der Waals surface area contributed by atoms with Crippen LogP contribution in [0.25, 0.3) is 0 Å². The molecule has 110 valence electrons. The Balaban J connectivity index is 2.00. The van der Waals surface area contributed by atoms with Crippen molar-refractivity contribution < 1.29 is 18.0 Å². The van der Waals surface area contributed by atoms with E-state index in [1.807, 2.05) is 0 Å². The molecule has 0 aliphatic heterocycles. The zero-order valence-corrected chi connectivity index (χ0v) is 12.0. The number of benzene rings is 1. The van der Waals surface area contributed by atoms with Crippen molar-refractivity contribution in [1.82, 2.24) is 5.32 Å². The van der Waals surface area contributed by atoms with Crippen LogP contribution in [0, 0.1) is 5.41 Å². The number of carbonyl (C=O) groups is 1. The molecule has 0 spiro atoms. The van der Waals surface area contributed by atoms with Crippen LogP contribution in [0.5, 0.6) is 0 Å². The molecule has 0 saturated heterocycles. The summed E-state index contributed by atoms with van der Waals surface area (Å²) in [6.07, 6.45) is -4.07. The predicted octanol–water partition coefficient (Wildman–Crippen LogP) is 3.91. The third-order valence-corrected chi connectivity index (χ3v) is 4.57. The molecule has 7 heteroatoms. The van der Waals surface area contributed by atoms with Crippen LogP contribution >= 0.6 is 23.2 Å². The van der Waals surface area contributed by atoms with Gasteiger partial charge in [-0.1, -0.05) is 12.1 Å². The number of carbonyl (C=O) groups excluding carboxylic acids is 1. The first-order valence-corrected chi connectivity index (χ1v) is 6.64. The van der Waals surface area contributed by atoms with Gasteiger partial charge in [0.2, 0.25) is 5.91 Å². The third-order valence-electron chi connectivity index (χ3n) is 3.47. The van der Waals surface area contributed by atoms with Crippen LogP contribution in [-0.2, 0) is 17.5 Å². The topological polar surface area (TPSA) is 29.1 Å². The SMILES string of the molecule is CC1(C(=O)NCc2cccc(C(F)(F)F)c2)CC1(Cl)Cl.